The average molecular weight is 174 g/mol. The molecule has 0 radical (unpaired) electrons. The lowest BCUT2D eigenvalue weighted by molar-refractivity contribution is -0.111. The lowest BCUT2D eigenvalue weighted by Gasteiger charge is -2.07. The maximum absolute atomic E-state index is 11.6. The maximum atomic E-state index is 11.6. The van der Waals surface area contributed by atoms with Gasteiger partial charge in [-0.3, -0.25) is 9.79 Å². The fraction of sp³-hybridized carbons (Fsp3) is 0.200. The molecule has 1 amide bonds. The number of hydrogen-bond donors (Lipinski definition) is 0. The molecule has 1 aromatic rings. The van der Waals surface area contributed by atoms with Gasteiger partial charge in [0, 0.05) is 19.7 Å². The van der Waals surface area contributed by atoms with Crippen molar-refractivity contribution in [1.82, 2.24) is 0 Å². The summed E-state index contributed by atoms with van der Waals surface area (Å²) >= 11 is 0. The molecule has 2 rings (SSSR count). The van der Waals surface area contributed by atoms with Crippen molar-refractivity contribution in [1.29, 1.82) is 0 Å². The smallest absolute Gasteiger partial charge is 0.276 e. The molecule has 66 valence electrons. The molecular weight excluding hydrogens is 164 g/mol. The Morgan fingerprint density at radius 2 is 2.00 bits per heavy atom. The molecule has 0 atom stereocenters. The molecule has 3 heteroatoms. The van der Waals surface area contributed by atoms with E-state index < -0.39 is 0 Å². The predicted molar refractivity (Wildman–Crippen MR) is 52.3 cm³/mol. The monoisotopic (exact) mass is 174 g/mol. The highest BCUT2D eigenvalue weighted by Gasteiger charge is 2.29. The van der Waals surface area contributed by atoms with Crippen LogP contribution in [0.2, 0.25) is 0 Å². The Hall–Kier alpha value is -1.64. The molecule has 0 unspecified atom stereocenters. The second-order valence-corrected chi connectivity index (χ2v) is 2.95. The van der Waals surface area contributed by atoms with E-state index in [9.17, 15) is 4.79 Å². The summed E-state index contributed by atoms with van der Waals surface area (Å²) in [7, 11) is 3.41. The van der Waals surface area contributed by atoms with Crippen LogP contribution in [0.4, 0.5) is 5.69 Å². The second-order valence-electron chi connectivity index (χ2n) is 2.95. The number of likely N-dealkylation sites (N-methyl/N-ethyl adjacent to an activating group) is 1. The summed E-state index contributed by atoms with van der Waals surface area (Å²) in [5, 5.41) is 0. The van der Waals surface area contributed by atoms with Crippen molar-refractivity contribution in [3.63, 3.8) is 0 Å². The van der Waals surface area contributed by atoms with Gasteiger partial charge in [0.15, 0.2) is 0 Å². The molecule has 1 aromatic carbocycles. The average Bonchev–Trinajstić information content (AvgIpc) is 2.41. The molecule has 13 heavy (non-hydrogen) atoms. The maximum Gasteiger partial charge on any atom is 0.276 e. The van der Waals surface area contributed by atoms with E-state index in [4.69, 9.17) is 0 Å². The summed E-state index contributed by atoms with van der Waals surface area (Å²) < 4.78 is 0. The second kappa shape index (κ2) is 2.69. The van der Waals surface area contributed by atoms with Gasteiger partial charge in [-0.15, -0.1) is 0 Å². The summed E-state index contributed by atoms with van der Waals surface area (Å²) in [6, 6.07) is 7.67. The van der Waals surface area contributed by atoms with E-state index in [0.717, 1.165) is 11.3 Å². The van der Waals surface area contributed by atoms with Gasteiger partial charge < -0.3 is 4.90 Å². The fourth-order valence-electron chi connectivity index (χ4n) is 1.57. The van der Waals surface area contributed by atoms with Gasteiger partial charge in [-0.1, -0.05) is 18.2 Å². The van der Waals surface area contributed by atoms with Crippen LogP contribution in [0.3, 0.4) is 0 Å². The van der Waals surface area contributed by atoms with Crippen LogP contribution in [-0.2, 0) is 4.79 Å². The van der Waals surface area contributed by atoms with Gasteiger partial charge >= 0.3 is 0 Å². The number of carbonyl (C=O) groups is 1. The standard InChI is InChI=1S/C10H10N2O/c1-11-9-7-5-3-4-6-8(7)12(2)10(9)13/h3-6H,1-2H3/b11-9-. The van der Waals surface area contributed by atoms with Gasteiger partial charge in [-0.2, -0.15) is 0 Å². The first kappa shape index (κ1) is 7.98. The number of benzene rings is 1. The van der Waals surface area contributed by atoms with Crippen molar-refractivity contribution in [3.05, 3.63) is 29.8 Å². The van der Waals surface area contributed by atoms with Gasteiger partial charge in [0.2, 0.25) is 0 Å². The third-order valence-corrected chi connectivity index (χ3v) is 2.25. The van der Waals surface area contributed by atoms with Crippen LogP contribution in [0.1, 0.15) is 5.56 Å². The number of hydrogen-bond acceptors (Lipinski definition) is 2. The zero-order valence-electron chi connectivity index (χ0n) is 7.61. The molecular formula is C10H10N2O. The van der Waals surface area contributed by atoms with E-state index in [1.165, 1.54) is 0 Å². The molecule has 3 nitrogen and oxygen atoms in total. The number of nitrogens with zero attached hydrogens (tertiary/aromatic N) is 2. The SMILES string of the molecule is C/N=C1\C(=O)N(C)c2ccccc21. The van der Waals surface area contributed by atoms with E-state index in [0.29, 0.717) is 5.71 Å². The van der Waals surface area contributed by atoms with Crippen molar-refractivity contribution >= 4 is 17.3 Å². The van der Waals surface area contributed by atoms with Gasteiger partial charge in [0.1, 0.15) is 5.71 Å². The fourth-order valence-corrected chi connectivity index (χ4v) is 1.57. The van der Waals surface area contributed by atoms with Gasteiger partial charge in [0.05, 0.1) is 5.69 Å². The van der Waals surface area contributed by atoms with E-state index in [2.05, 4.69) is 4.99 Å². The first-order valence-electron chi connectivity index (χ1n) is 4.10. The highest BCUT2D eigenvalue weighted by atomic mass is 16.2. The Balaban J connectivity index is 2.67. The molecule has 1 heterocycles. The van der Waals surface area contributed by atoms with E-state index in [-0.39, 0.29) is 5.91 Å². The van der Waals surface area contributed by atoms with Crippen LogP contribution >= 0.6 is 0 Å². The number of para-hydroxylation sites is 1. The lowest BCUT2D eigenvalue weighted by atomic mass is 10.1. The van der Waals surface area contributed by atoms with Gasteiger partial charge in [0.25, 0.3) is 5.91 Å². The van der Waals surface area contributed by atoms with Crippen molar-refractivity contribution in [2.45, 2.75) is 0 Å². The minimum atomic E-state index is -0.0244. The van der Waals surface area contributed by atoms with Crippen molar-refractivity contribution in [2.75, 3.05) is 19.0 Å². The molecule has 0 bridgehead atoms. The molecule has 0 spiro atoms. The largest absolute Gasteiger partial charge is 0.309 e. The Morgan fingerprint density at radius 1 is 1.31 bits per heavy atom. The van der Waals surface area contributed by atoms with Gasteiger partial charge in [-0.25, -0.2) is 0 Å². The first-order valence-corrected chi connectivity index (χ1v) is 4.10. The Labute approximate surface area is 76.7 Å². The van der Waals surface area contributed by atoms with Crippen molar-refractivity contribution in [3.8, 4) is 0 Å². The first-order chi connectivity index (χ1) is 6.25. The van der Waals surface area contributed by atoms with Crippen LogP contribution in [0.5, 0.6) is 0 Å². The molecule has 0 aliphatic carbocycles. The van der Waals surface area contributed by atoms with Crippen LogP contribution in [0.25, 0.3) is 0 Å². The molecule has 1 aliphatic heterocycles. The van der Waals surface area contributed by atoms with E-state index in [1.807, 2.05) is 24.3 Å². The third-order valence-electron chi connectivity index (χ3n) is 2.25. The van der Waals surface area contributed by atoms with Crippen molar-refractivity contribution < 1.29 is 4.79 Å². The Kier molecular flexibility index (Phi) is 1.65. The lowest BCUT2D eigenvalue weighted by Crippen LogP contribution is -2.25. The number of fused-ring (bicyclic) bond motifs is 1. The van der Waals surface area contributed by atoms with Crippen molar-refractivity contribution in [2.24, 2.45) is 4.99 Å². The molecule has 0 fully saturated rings. The Bertz CT molecular complexity index is 396. The van der Waals surface area contributed by atoms with Crippen LogP contribution in [0.15, 0.2) is 29.3 Å². The van der Waals surface area contributed by atoms with Gasteiger partial charge in [-0.05, 0) is 6.07 Å². The molecule has 0 N–H and O–H groups in total. The Morgan fingerprint density at radius 3 is 2.69 bits per heavy atom. The summed E-state index contributed by atoms with van der Waals surface area (Å²) in [6.07, 6.45) is 0. The summed E-state index contributed by atoms with van der Waals surface area (Å²) in [4.78, 5) is 17.2. The number of aliphatic imine (C=N–C) groups is 1. The topological polar surface area (TPSA) is 32.7 Å². The zero-order chi connectivity index (χ0) is 9.42. The number of carbonyl (C=O) groups excluding carboxylic acids is 1. The predicted octanol–water partition coefficient (Wildman–Crippen LogP) is 1.08. The zero-order valence-corrected chi connectivity index (χ0v) is 7.61. The highest BCUT2D eigenvalue weighted by Crippen LogP contribution is 2.27. The number of amides is 1. The summed E-state index contributed by atoms with van der Waals surface area (Å²) in [5.41, 5.74) is 2.42. The molecule has 0 aromatic heterocycles. The minimum absolute atomic E-state index is 0.0244. The minimum Gasteiger partial charge on any atom is -0.309 e. The third kappa shape index (κ3) is 0.967. The quantitative estimate of drug-likeness (QED) is 0.579. The van der Waals surface area contributed by atoms with Crippen LogP contribution in [0, 0.1) is 0 Å². The summed E-state index contributed by atoms with van der Waals surface area (Å²) in [5.74, 6) is -0.0244. The molecule has 1 aliphatic rings. The van der Waals surface area contributed by atoms with E-state index >= 15 is 0 Å². The number of rotatable bonds is 0. The molecule has 0 saturated carbocycles. The van der Waals surface area contributed by atoms with E-state index in [1.54, 1.807) is 19.0 Å². The highest BCUT2D eigenvalue weighted by molar-refractivity contribution is 6.54. The van der Waals surface area contributed by atoms with Crippen LogP contribution in [-0.4, -0.2) is 25.7 Å². The number of anilines is 1. The molecule has 0 saturated heterocycles. The summed E-state index contributed by atoms with van der Waals surface area (Å²) in [6.45, 7) is 0. The van der Waals surface area contributed by atoms with Crippen LogP contribution < -0.4 is 4.90 Å². The normalized spacial score (nSPS) is 18.2.